The highest BCUT2D eigenvalue weighted by molar-refractivity contribution is 5.93. The van der Waals surface area contributed by atoms with E-state index in [1.807, 2.05) is 60.7 Å². The number of rotatable bonds is 8. The zero-order valence-electron chi connectivity index (χ0n) is 26.5. The van der Waals surface area contributed by atoms with Gasteiger partial charge in [0.05, 0.1) is 5.52 Å². The number of para-hydroxylation sites is 1. The number of ether oxygens (including phenoxy) is 2. The summed E-state index contributed by atoms with van der Waals surface area (Å²) in [4.78, 5) is 38.7. The first kappa shape index (κ1) is 30.2. The Morgan fingerprint density at radius 3 is 1.84 bits per heavy atom. The summed E-state index contributed by atoms with van der Waals surface area (Å²) in [5, 5.41) is 13.3. The van der Waals surface area contributed by atoms with Crippen LogP contribution < -0.4 is 5.32 Å². The summed E-state index contributed by atoms with van der Waals surface area (Å²) in [6.45, 7) is 0.108. The summed E-state index contributed by atoms with van der Waals surface area (Å²) in [6, 6.07) is 34.4. The van der Waals surface area contributed by atoms with Crippen LogP contribution in [0.15, 0.2) is 115 Å². The van der Waals surface area contributed by atoms with Crippen molar-refractivity contribution < 1.29 is 29.0 Å². The molecule has 5 aromatic carbocycles. The summed E-state index contributed by atoms with van der Waals surface area (Å²) in [6.07, 6.45) is 1.65. The van der Waals surface area contributed by atoms with E-state index in [-0.39, 0.29) is 19.6 Å². The van der Waals surface area contributed by atoms with Crippen molar-refractivity contribution >= 4 is 29.1 Å². The van der Waals surface area contributed by atoms with E-state index in [9.17, 15) is 19.5 Å². The molecule has 0 radical (unpaired) electrons. The molecule has 8 nitrogen and oxygen atoms in total. The fraction of sp³-hybridized carbons (Fsp3) is 0.146. The largest absolute Gasteiger partial charge is 0.480 e. The maximum atomic E-state index is 13.5. The van der Waals surface area contributed by atoms with E-state index in [1.54, 1.807) is 18.3 Å². The number of carboxylic acid groups (broad SMARTS) is 1. The fourth-order valence-electron chi connectivity index (χ4n) is 7.24. The standard InChI is InChI=1S/C41H32N2O6/c44-39(45)37(42-40(46)48-23-27-11-7-16-33-30-13-3-1-9-25(30)19-35(27)33)21-29-22-43(38-18-6-5-15-32(29)38)41(47)49-24-28-12-8-17-34-31-14-4-2-10-26(31)20-36(28)34/h1-18,22,37H,19-21,23-24H2,(H,42,46)(H,44,45)/t37-/m0/s1. The molecule has 2 aliphatic rings. The molecule has 0 saturated carbocycles. The minimum atomic E-state index is -1.29. The van der Waals surface area contributed by atoms with Gasteiger partial charge in [0, 0.05) is 18.0 Å². The van der Waals surface area contributed by atoms with Gasteiger partial charge in [-0.05, 0) is 80.1 Å². The highest BCUT2D eigenvalue weighted by Gasteiger charge is 2.26. The molecular formula is C41H32N2O6. The molecule has 1 amide bonds. The van der Waals surface area contributed by atoms with Crippen LogP contribution in [-0.4, -0.2) is 33.9 Å². The normalized spacial score (nSPS) is 12.8. The van der Waals surface area contributed by atoms with Gasteiger partial charge in [0.15, 0.2) is 0 Å². The van der Waals surface area contributed by atoms with Crippen LogP contribution in [0.4, 0.5) is 9.59 Å². The smallest absolute Gasteiger partial charge is 0.418 e. The Kier molecular flexibility index (Phi) is 7.68. The van der Waals surface area contributed by atoms with Crippen molar-refractivity contribution in [3.05, 3.63) is 154 Å². The number of carbonyl (C=O) groups is 3. The van der Waals surface area contributed by atoms with Gasteiger partial charge < -0.3 is 19.9 Å². The van der Waals surface area contributed by atoms with E-state index in [2.05, 4.69) is 41.7 Å². The maximum Gasteiger partial charge on any atom is 0.418 e. The molecule has 1 atom stereocenters. The molecule has 0 unspecified atom stereocenters. The van der Waals surface area contributed by atoms with E-state index < -0.39 is 24.2 Å². The first-order valence-corrected chi connectivity index (χ1v) is 16.2. The molecule has 2 N–H and O–H groups in total. The number of hydrogen-bond donors (Lipinski definition) is 2. The van der Waals surface area contributed by atoms with Crippen molar-refractivity contribution in [2.75, 3.05) is 0 Å². The van der Waals surface area contributed by atoms with Crippen LogP contribution in [0, 0.1) is 0 Å². The van der Waals surface area contributed by atoms with Crippen LogP contribution >= 0.6 is 0 Å². The van der Waals surface area contributed by atoms with Crippen LogP contribution in [0.2, 0.25) is 0 Å². The van der Waals surface area contributed by atoms with Crippen molar-refractivity contribution in [2.45, 2.75) is 38.5 Å². The van der Waals surface area contributed by atoms with Gasteiger partial charge in [-0.2, -0.15) is 0 Å². The Labute approximate surface area is 282 Å². The first-order valence-electron chi connectivity index (χ1n) is 16.2. The van der Waals surface area contributed by atoms with Gasteiger partial charge in [0.2, 0.25) is 0 Å². The van der Waals surface area contributed by atoms with Gasteiger partial charge >= 0.3 is 18.2 Å². The van der Waals surface area contributed by atoms with Crippen LogP contribution in [0.5, 0.6) is 0 Å². The number of fused-ring (bicyclic) bond motifs is 7. The quantitative estimate of drug-likeness (QED) is 0.174. The number of hydrogen-bond acceptors (Lipinski definition) is 5. The third-order valence-electron chi connectivity index (χ3n) is 9.61. The van der Waals surface area contributed by atoms with Gasteiger partial charge in [0.1, 0.15) is 19.3 Å². The number of amides is 1. The van der Waals surface area contributed by atoms with Gasteiger partial charge in [-0.1, -0.05) is 103 Å². The van der Waals surface area contributed by atoms with Crippen molar-refractivity contribution in [1.29, 1.82) is 0 Å². The van der Waals surface area contributed by atoms with Crippen molar-refractivity contribution in [1.82, 2.24) is 9.88 Å². The molecule has 0 saturated heterocycles. The average Bonchev–Trinajstić information content (AvgIpc) is 3.81. The maximum absolute atomic E-state index is 13.5. The minimum Gasteiger partial charge on any atom is -0.480 e. The van der Waals surface area contributed by atoms with E-state index in [0.29, 0.717) is 16.5 Å². The summed E-state index contributed by atoms with van der Waals surface area (Å²) in [5.74, 6) is -1.22. The van der Waals surface area contributed by atoms with Crippen LogP contribution in [0.25, 0.3) is 33.2 Å². The molecule has 49 heavy (non-hydrogen) atoms. The molecule has 6 aromatic rings. The SMILES string of the molecule is O=C(N[C@@H](Cc1cn(C(=O)OCc2cccc3c2Cc2ccccc2-3)c2ccccc12)C(=O)O)OCc1cccc2c1Cc1ccccc1-2. The average molecular weight is 649 g/mol. The van der Waals surface area contributed by atoms with Crippen LogP contribution in [0.1, 0.15) is 38.9 Å². The molecule has 0 aliphatic heterocycles. The predicted molar refractivity (Wildman–Crippen MR) is 185 cm³/mol. The Hall–Kier alpha value is -6.15. The number of nitrogens with zero attached hydrogens (tertiary/aromatic N) is 1. The topological polar surface area (TPSA) is 107 Å². The molecule has 1 heterocycles. The first-order chi connectivity index (χ1) is 23.9. The molecule has 242 valence electrons. The van der Waals surface area contributed by atoms with E-state index in [0.717, 1.165) is 46.2 Å². The zero-order valence-corrected chi connectivity index (χ0v) is 26.5. The number of alkyl carbamates (subject to hydrolysis) is 1. The van der Waals surface area contributed by atoms with Gasteiger partial charge in [0.25, 0.3) is 0 Å². The van der Waals surface area contributed by atoms with Gasteiger partial charge in [-0.3, -0.25) is 4.57 Å². The van der Waals surface area contributed by atoms with E-state index >= 15 is 0 Å². The summed E-state index contributed by atoms with van der Waals surface area (Å²) in [7, 11) is 0. The highest BCUT2D eigenvalue weighted by Crippen LogP contribution is 2.39. The molecule has 8 rings (SSSR count). The second kappa shape index (κ2) is 12.5. The zero-order chi connectivity index (χ0) is 33.5. The van der Waals surface area contributed by atoms with E-state index in [1.165, 1.54) is 26.8 Å². The summed E-state index contributed by atoms with van der Waals surface area (Å²) in [5.41, 5.74) is 12.4. The lowest BCUT2D eigenvalue weighted by Gasteiger charge is -2.15. The molecule has 1 aromatic heterocycles. The number of carboxylic acids is 1. The Balaban J connectivity index is 0.954. The molecule has 0 fully saturated rings. The Morgan fingerprint density at radius 2 is 1.20 bits per heavy atom. The number of aliphatic carboxylic acids is 1. The molecule has 8 heteroatoms. The second-order valence-electron chi connectivity index (χ2n) is 12.5. The lowest BCUT2D eigenvalue weighted by atomic mass is 10.0. The molecular weight excluding hydrogens is 616 g/mol. The lowest BCUT2D eigenvalue weighted by molar-refractivity contribution is -0.139. The van der Waals surface area contributed by atoms with Crippen molar-refractivity contribution in [2.24, 2.45) is 0 Å². The molecule has 2 aliphatic carbocycles. The molecule has 0 spiro atoms. The summed E-state index contributed by atoms with van der Waals surface area (Å²) >= 11 is 0. The monoisotopic (exact) mass is 648 g/mol. The number of benzene rings is 5. The van der Waals surface area contributed by atoms with Crippen LogP contribution in [0.3, 0.4) is 0 Å². The number of carbonyl (C=O) groups excluding carboxylic acids is 2. The minimum absolute atomic E-state index is 0.0111. The number of aromatic nitrogens is 1. The van der Waals surface area contributed by atoms with E-state index in [4.69, 9.17) is 9.47 Å². The van der Waals surface area contributed by atoms with Crippen molar-refractivity contribution in [3.63, 3.8) is 0 Å². The Bertz CT molecular complexity index is 2290. The highest BCUT2D eigenvalue weighted by atomic mass is 16.6. The van der Waals surface area contributed by atoms with Gasteiger partial charge in [-0.15, -0.1) is 0 Å². The summed E-state index contributed by atoms with van der Waals surface area (Å²) < 4.78 is 12.8. The molecule has 0 bridgehead atoms. The van der Waals surface area contributed by atoms with Crippen LogP contribution in [-0.2, 0) is 46.7 Å². The van der Waals surface area contributed by atoms with Crippen molar-refractivity contribution in [3.8, 4) is 22.3 Å². The Morgan fingerprint density at radius 1 is 0.653 bits per heavy atom. The predicted octanol–water partition coefficient (Wildman–Crippen LogP) is 7.89. The number of nitrogens with one attached hydrogen (secondary N) is 1. The van der Waals surface area contributed by atoms with Gasteiger partial charge in [-0.25, -0.2) is 14.4 Å². The lowest BCUT2D eigenvalue weighted by Crippen LogP contribution is -2.42. The fourth-order valence-corrected chi connectivity index (χ4v) is 7.24. The third-order valence-corrected chi connectivity index (χ3v) is 9.61. The third kappa shape index (κ3) is 5.61. The second-order valence-corrected chi connectivity index (χ2v) is 12.5.